The van der Waals surface area contributed by atoms with E-state index in [9.17, 15) is 29.2 Å². The summed E-state index contributed by atoms with van der Waals surface area (Å²) in [7, 11) is -4.81. The van der Waals surface area contributed by atoms with Crippen LogP contribution in [0.4, 0.5) is 0 Å². The number of rotatable bonds is 10. The van der Waals surface area contributed by atoms with Gasteiger partial charge in [0.05, 0.1) is 16.8 Å². The van der Waals surface area contributed by atoms with Crippen LogP contribution in [0.1, 0.15) is 43.6 Å². The number of aliphatic hydroxyl groups excluding tert-OH is 1. The van der Waals surface area contributed by atoms with Crippen molar-refractivity contribution in [1.29, 1.82) is 0 Å². The lowest BCUT2D eigenvalue weighted by molar-refractivity contribution is -0.149. The summed E-state index contributed by atoms with van der Waals surface area (Å²) in [5.74, 6) is -0.863. The van der Waals surface area contributed by atoms with Crippen molar-refractivity contribution in [2.75, 3.05) is 6.56 Å². The number of esters is 1. The van der Waals surface area contributed by atoms with Crippen LogP contribution in [0, 0.1) is 6.92 Å². The van der Waals surface area contributed by atoms with Crippen LogP contribution in [-0.4, -0.2) is 62.2 Å². The van der Waals surface area contributed by atoms with Crippen molar-refractivity contribution in [1.82, 2.24) is 14.6 Å². The van der Waals surface area contributed by atoms with Crippen molar-refractivity contribution in [3.8, 4) is 5.75 Å². The normalized spacial score (nSPS) is 27.6. The molecule has 1 aliphatic rings. The zero-order chi connectivity index (χ0) is 30.2. The summed E-state index contributed by atoms with van der Waals surface area (Å²) in [6.45, 7) is 3.53. The number of hydrogen-bond acceptors (Lipinski definition) is 10. The van der Waals surface area contributed by atoms with Gasteiger partial charge in [-0.3, -0.25) is 23.7 Å². The molecule has 1 aromatic heterocycles. The lowest BCUT2D eigenvalue weighted by Crippen LogP contribution is -2.47. The number of aromatic nitrogens is 2. The van der Waals surface area contributed by atoms with Crippen LogP contribution in [0.2, 0.25) is 0 Å². The number of H-pyrrole nitrogens is 1. The molecule has 204 valence electrons. The summed E-state index contributed by atoms with van der Waals surface area (Å²) >= 11 is 0. The third kappa shape index (κ3) is 6.75. The molecule has 0 radical (unpaired) electrons. The number of carbonyl (C=O) groups excluding carboxylic acids is 1. The Morgan fingerprint density at radius 2 is 2.00 bits per heavy atom. The number of nitrogens with zero attached hydrogens (tertiary/aromatic N) is 1. The second-order valence-corrected chi connectivity index (χ2v) is 10.5. The molecule has 2 aromatic rings. The summed E-state index contributed by atoms with van der Waals surface area (Å²) in [6, 6.07) is 6.20. The number of carbonyl (C=O) groups is 1. The van der Waals surface area contributed by atoms with Gasteiger partial charge in [0.25, 0.3) is 5.56 Å². The van der Waals surface area contributed by atoms with Gasteiger partial charge in [-0.15, -0.1) is 0 Å². The quantitative estimate of drug-likeness (QED) is 0.248. The van der Waals surface area contributed by atoms with Crippen LogP contribution in [0.15, 0.2) is 46.1 Å². The lowest BCUT2D eigenvalue weighted by Gasteiger charge is -2.27. The average molecular weight is 545 g/mol. The van der Waals surface area contributed by atoms with Gasteiger partial charge in [0, 0.05) is 11.7 Å². The molecule has 4 N–H and O–H groups in total. The van der Waals surface area contributed by atoms with Crippen LogP contribution < -0.4 is 20.9 Å². The minimum absolute atomic E-state index is 0.0227. The Kier molecular flexibility index (Phi) is 7.49. The van der Waals surface area contributed by atoms with Gasteiger partial charge in [-0.05, 0) is 46.8 Å². The van der Waals surface area contributed by atoms with Crippen molar-refractivity contribution in [3.05, 3.63) is 62.9 Å². The second-order valence-electron chi connectivity index (χ2n) is 8.89. The van der Waals surface area contributed by atoms with Gasteiger partial charge < -0.3 is 24.2 Å². The Balaban J connectivity index is 1.98. The number of aliphatic hydroxyl groups is 2. The fraction of sp³-hybridized carbons (Fsp3) is 0.522. The minimum atomic E-state index is -4.81. The highest BCUT2D eigenvalue weighted by atomic mass is 31.2. The van der Waals surface area contributed by atoms with Crippen molar-refractivity contribution < 1.29 is 42.2 Å². The molecule has 0 aliphatic carbocycles. The molecule has 0 spiro atoms. The standard InChI is InChI=1S/C23H32N3O10P/c1-13(2)34-20(29)15(4)25-37(32,36-16-9-7-6-8-10-16)33-12-17-18(27)23(5,31)21(35-17)26-11-14(3)19(28)24-22(26)30/h6-11,13,15,17-18,21,27,31H,12H2,1-5H3,(H,25,32)(H,24,28,30)/t15-,17+,18+,21+,23+,37-/m0/s1/i11D,12D2. The molecule has 6 atom stereocenters. The molecule has 13 nitrogen and oxygen atoms in total. The van der Waals surface area contributed by atoms with Gasteiger partial charge in [-0.1, -0.05) is 18.2 Å². The lowest BCUT2D eigenvalue weighted by atomic mass is 9.96. The third-order valence-corrected chi connectivity index (χ3v) is 6.78. The van der Waals surface area contributed by atoms with Crippen molar-refractivity contribution in [2.45, 2.75) is 70.8 Å². The molecule has 3 rings (SSSR count). The molecule has 2 heterocycles. The Morgan fingerprint density at radius 3 is 2.62 bits per heavy atom. The fourth-order valence-corrected chi connectivity index (χ4v) is 4.72. The fourth-order valence-electron chi connectivity index (χ4n) is 3.35. The van der Waals surface area contributed by atoms with Crippen LogP contribution in [0.3, 0.4) is 0 Å². The van der Waals surface area contributed by atoms with E-state index in [0.717, 1.165) is 6.92 Å². The Morgan fingerprint density at radius 1 is 1.35 bits per heavy atom. The number of hydrogen-bond donors (Lipinski definition) is 4. The first-order valence-corrected chi connectivity index (χ1v) is 12.9. The predicted molar refractivity (Wildman–Crippen MR) is 131 cm³/mol. The SMILES string of the molecule is [2H]c1c(C)c(=O)[nH]c(=O)n1[C@@H]1O[C@H](C([2H])([2H])O[P@@](=O)(N[C@@H](C)C(=O)OC(C)C)Oc2ccccc2)[C@@H](O)[C@@]1(C)O. The van der Waals surface area contributed by atoms with Gasteiger partial charge >= 0.3 is 19.4 Å². The van der Waals surface area contributed by atoms with E-state index in [1.165, 1.54) is 26.0 Å². The Labute approximate surface area is 217 Å². The maximum atomic E-state index is 13.8. The van der Waals surface area contributed by atoms with Gasteiger partial charge in [0.1, 0.15) is 29.6 Å². The number of benzene rings is 1. The van der Waals surface area contributed by atoms with Gasteiger partial charge in [0.15, 0.2) is 6.23 Å². The smallest absolute Gasteiger partial charge is 0.459 e. The first kappa shape index (κ1) is 24.5. The highest BCUT2D eigenvalue weighted by molar-refractivity contribution is 7.52. The van der Waals surface area contributed by atoms with Crippen LogP contribution in [0.5, 0.6) is 5.75 Å². The van der Waals surface area contributed by atoms with Crippen molar-refractivity contribution in [3.63, 3.8) is 0 Å². The topological polar surface area (TPSA) is 178 Å². The highest BCUT2D eigenvalue weighted by Crippen LogP contribution is 2.46. The molecule has 0 saturated carbocycles. The van der Waals surface area contributed by atoms with Gasteiger partial charge in [-0.25, -0.2) is 9.36 Å². The summed E-state index contributed by atoms with van der Waals surface area (Å²) in [4.78, 5) is 38.7. The molecule has 1 fully saturated rings. The maximum Gasteiger partial charge on any atom is 0.459 e. The van der Waals surface area contributed by atoms with E-state index in [1.54, 1.807) is 32.0 Å². The number of aromatic amines is 1. The molecule has 0 unspecified atom stereocenters. The maximum absolute atomic E-state index is 13.8. The largest absolute Gasteiger partial charge is 0.462 e. The molecular formula is C23H32N3O10P. The molecule has 1 saturated heterocycles. The first-order valence-electron chi connectivity index (χ1n) is 12.8. The summed E-state index contributed by atoms with van der Waals surface area (Å²) in [5, 5.41) is 24.2. The Hall–Kier alpha value is -2.80. The monoisotopic (exact) mass is 544 g/mol. The van der Waals surface area contributed by atoms with E-state index >= 15 is 0 Å². The molecule has 14 heteroatoms. The minimum Gasteiger partial charge on any atom is -0.462 e. The first-order chi connectivity index (χ1) is 18.4. The molecular weight excluding hydrogens is 509 g/mol. The number of para-hydroxylation sites is 1. The summed E-state index contributed by atoms with van der Waals surface area (Å²) in [6.07, 6.45) is -7.26. The average Bonchev–Trinajstić information content (AvgIpc) is 3.07. The van der Waals surface area contributed by atoms with Gasteiger partial charge in [0.2, 0.25) is 0 Å². The van der Waals surface area contributed by atoms with Crippen molar-refractivity contribution >= 4 is 13.7 Å². The number of ether oxygens (including phenoxy) is 2. The van der Waals surface area contributed by atoms with E-state index in [1.807, 2.05) is 4.98 Å². The van der Waals surface area contributed by atoms with Crippen molar-refractivity contribution in [2.24, 2.45) is 0 Å². The highest BCUT2D eigenvalue weighted by Gasteiger charge is 2.54. The van der Waals surface area contributed by atoms with E-state index in [4.69, 9.17) is 22.6 Å². The van der Waals surface area contributed by atoms with Crippen LogP contribution >= 0.6 is 7.75 Å². The molecule has 1 aromatic carbocycles. The van der Waals surface area contributed by atoms with Crippen LogP contribution in [0.25, 0.3) is 0 Å². The molecule has 37 heavy (non-hydrogen) atoms. The number of nitrogens with one attached hydrogen (secondary N) is 2. The molecule has 0 amide bonds. The van der Waals surface area contributed by atoms with E-state index in [0.29, 0.717) is 4.57 Å². The van der Waals surface area contributed by atoms with Gasteiger partial charge in [-0.2, -0.15) is 5.09 Å². The van der Waals surface area contributed by atoms with Crippen LogP contribution in [-0.2, 0) is 23.4 Å². The van der Waals surface area contributed by atoms with E-state index in [2.05, 4.69) is 5.09 Å². The summed E-state index contributed by atoms with van der Waals surface area (Å²) in [5.41, 5.74) is -4.62. The third-order valence-electron chi connectivity index (χ3n) is 5.28. The second kappa shape index (κ2) is 11.3. The zero-order valence-corrected chi connectivity index (χ0v) is 21.7. The molecule has 1 aliphatic heterocycles. The summed E-state index contributed by atoms with van der Waals surface area (Å²) < 4.78 is 60.8. The van der Waals surface area contributed by atoms with E-state index < -0.39 is 73.9 Å². The zero-order valence-electron chi connectivity index (χ0n) is 23.8. The van der Waals surface area contributed by atoms with E-state index in [-0.39, 0.29) is 11.3 Å². The Bertz CT molecular complexity index is 1400. The molecule has 0 bridgehead atoms. The predicted octanol–water partition coefficient (Wildman–Crippen LogP) is 0.988.